The van der Waals surface area contributed by atoms with Gasteiger partial charge in [-0.05, 0) is 39.0 Å². The van der Waals surface area contributed by atoms with Gasteiger partial charge >= 0.3 is 5.97 Å². The van der Waals surface area contributed by atoms with Gasteiger partial charge in [0.15, 0.2) is 5.96 Å². The highest BCUT2D eigenvalue weighted by Crippen LogP contribution is 2.22. The molecule has 194 valence electrons. The number of allylic oxidation sites excluding steroid dienone is 1. The Morgan fingerprint density at radius 1 is 1.06 bits per heavy atom. The Bertz CT molecular complexity index is 903. The van der Waals surface area contributed by atoms with Crippen LogP contribution in [-0.2, 0) is 19.2 Å². The second-order valence-electron chi connectivity index (χ2n) is 8.77. The molecule has 0 aromatic rings. The second-order valence-corrected chi connectivity index (χ2v) is 8.77. The molecule has 13 nitrogen and oxygen atoms in total. The van der Waals surface area contributed by atoms with Crippen molar-refractivity contribution in [2.75, 3.05) is 19.7 Å². The van der Waals surface area contributed by atoms with E-state index in [9.17, 15) is 29.4 Å². The summed E-state index contributed by atoms with van der Waals surface area (Å²) in [7, 11) is 0. The maximum absolute atomic E-state index is 12.5. The van der Waals surface area contributed by atoms with E-state index < -0.39 is 54.5 Å². The Morgan fingerprint density at radius 2 is 1.74 bits per heavy atom. The van der Waals surface area contributed by atoms with E-state index in [2.05, 4.69) is 16.0 Å². The van der Waals surface area contributed by atoms with Gasteiger partial charge in [0.25, 0.3) is 0 Å². The number of aliphatic hydroxyl groups is 1. The highest BCUT2D eigenvalue weighted by Gasteiger charge is 2.29. The van der Waals surface area contributed by atoms with E-state index in [1.807, 2.05) is 12.2 Å². The minimum Gasteiger partial charge on any atom is -0.480 e. The summed E-state index contributed by atoms with van der Waals surface area (Å²) >= 11 is 0. The number of rotatable bonds is 12. The van der Waals surface area contributed by atoms with Gasteiger partial charge in [0, 0.05) is 13.1 Å². The van der Waals surface area contributed by atoms with Crippen molar-refractivity contribution in [3.05, 3.63) is 23.3 Å². The number of nitrogens with one attached hydrogen (secondary N) is 4. The lowest BCUT2D eigenvalue weighted by Crippen LogP contribution is -2.57. The number of aliphatic carboxylic acids is 1. The summed E-state index contributed by atoms with van der Waals surface area (Å²) in [5.41, 5.74) is 13.2. The molecule has 0 saturated carbocycles. The van der Waals surface area contributed by atoms with E-state index in [4.69, 9.17) is 16.9 Å². The quantitative estimate of drug-likeness (QED) is 0.0844. The minimum atomic E-state index is -1.35. The molecule has 1 aliphatic carbocycles. The number of amides is 3. The van der Waals surface area contributed by atoms with E-state index >= 15 is 0 Å². The second kappa shape index (κ2) is 12.9. The van der Waals surface area contributed by atoms with Crippen LogP contribution in [-0.4, -0.2) is 88.6 Å². The lowest BCUT2D eigenvalue weighted by Gasteiger charge is -2.23. The molecule has 4 atom stereocenters. The first-order valence-electron chi connectivity index (χ1n) is 11.5. The van der Waals surface area contributed by atoms with Gasteiger partial charge in [-0.3, -0.25) is 19.8 Å². The third-order valence-corrected chi connectivity index (χ3v) is 5.94. The molecule has 0 bridgehead atoms. The molecule has 0 aromatic carbocycles. The molecule has 0 spiro atoms. The predicted octanol–water partition coefficient (Wildman–Crippen LogP) is -2.11. The van der Waals surface area contributed by atoms with Crippen LogP contribution in [0.15, 0.2) is 23.3 Å². The number of aliphatic hydroxyl groups excluding tert-OH is 1. The van der Waals surface area contributed by atoms with Crippen molar-refractivity contribution in [3.8, 4) is 0 Å². The molecule has 3 amide bonds. The molecule has 35 heavy (non-hydrogen) atoms. The molecular weight excluding hydrogens is 458 g/mol. The fourth-order valence-electron chi connectivity index (χ4n) is 3.85. The average molecular weight is 494 g/mol. The van der Waals surface area contributed by atoms with Gasteiger partial charge in [0.2, 0.25) is 17.7 Å². The Kier molecular flexibility index (Phi) is 10.2. The van der Waals surface area contributed by atoms with Crippen molar-refractivity contribution < 1.29 is 29.4 Å². The van der Waals surface area contributed by atoms with Crippen molar-refractivity contribution in [1.82, 2.24) is 20.9 Å². The van der Waals surface area contributed by atoms with Crippen LogP contribution in [0.3, 0.4) is 0 Å². The first-order chi connectivity index (χ1) is 16.5. The van der Waals surface area contributed by atoms with E-state index in [1.165, 1.54) is 6.92 Å². The summed E-state index contributed by atoms with van der Waals surface area (Å²) < 4.78 is 0. The molecule has 4 unspecified atom stereocenters. The van der Waals surface area contributed by atoms with Crippen molar-refractivity contribution >= 4 is 29.7 Å². The number of nitrogens with two attached hydrogens (primary N) is 2. The molecule has 1 aliphatic heterocycles. The molecule has 2 aliphatic rings. The van der Waals surface area contributed by atoms with E-state index in [1.54, 1.807) is 4.90 Å². The zero-order valence-corrected chi connectivity index (χ0v) is 19.8. The van der Waals surface area contributed by atoms with Crippen molar-refractivity contribution in [3.63, 3.8) is 0 Å². The summed E-state index contributed by atoms with van der Waals surface area (Å²) in [6.07, 6.45) is 6.78. The molecule has 2 rings (SSSR count). The topological polar surface area (TPSA) is 224 Å². The maximum atomic E-state index is 12.5. The summed E-state index contributed by atoms with van der Waals surface area (Å²) in [6, 6.07) is -4.59. The van der Waals surface area contributed by atoms with Gasteiger partial charge in [0.1, 0.15) is 18.1 Å². The fourth-order valence-corrected chi connectivity index (χ4v) is 3.85. The molecule has 0 radical (unpaired) electrons. The zero-order chi connectivity index (χ0) is 26.1. The summed E-state index contributed by atoms with van der Waals surface area (Å²) in [4.78, 5) is 50.6. The number of carbonyl (C=O) groups excluding carboxylic acids is 3. The average Bonchev–Trinajstić information content (AvgIpc) is 3.48. The van der Waals surface area contributed by atoms with Crippen molar-refractivity contribution in [1.29, 1.82) is 5.41 Å². The first kappa shape index (κ1) is 27.8. The minimum absolute atomic E-state index is 0.0882. The van der Waals surface area contributed by atoms with Crippen LogP contribution < -0.4 is 27.4 Å². The molecule has 13 heteroatoms. The monoisotopic (exact) mass is 493 g/mol. The van der Waals surface area contributed by atoms with Gasteiger partial charge in [-0.2, -0.15) is 0 Å². The Labute approximate surface area is 203 Å². The van der Waals surface area contributed by atoms with Crippen LogP contribution in [0.1, 0.15) is 39.0 Å². The van der Waals surface area contributed by atoms with Crippen LogP contribution in [0.25, 0.3) is 0 Å². The highest BCUT2D eigenvalue weighted by atomic mass is 16.4. The standard InChI is InChI=1S/C22H35N7O6/c1-12(18(31)27-16(21(34)35)9-13-4-2-3-5-13)26-20(33)17(11-30)28-19(32)15(23)8-14-6-7-29(10-14)22(24)25/h4,6,12,15-17,30H,2-3,5,7-11,23H2,1H3,(H3,24,25)(H,26,33)(H,27,31)(H,28,32)(H,34,35). The van der Waals surface area contributed by atoms with Crippen LogP contribution in [0, 0.1) is 5.41 Å². The summed E-state index contributed by atoms with van der Waals surface area (Å²) in [6.45, 7) is 1.46. The largest absolute Gasteiger partial charge is 0.480 e. The molecular formula is C22H35N7O6. The van der Waals surface area contributed by atoms with Crippen molar-refractivity contribution in [2.45, 2.75) is 63.2 Å². The number of hydrogen-bond acceptors (Lipinski definition) is 7. The van der Waals surface area contributed by atoms with E-state index in [0.717, 1.165) is 30.4 Å². The normalized spacial score (nSPS) is 18.5. The number of carboxylic acids is 1. The third kappa shape index (κ3) is 8.37. The molecule has 0 aromatic heterocycles. The number of hydrogen-bond donors (Lipinski definition) is 8. The SMILES string of the molecule is CC(NC(=O)C(CO)NC(=O)C(N)CC1=CCN(C(=N)N)C1)C(=O)NC(CC1=CCCC1)C(=O)O. The lowest BCUT2D eigenvalue weighted by atomic mass is 10.1. The Balaban J connectivity index is 1.85. The highest BCUT2D eigenvalue weighted by molar-refractivity contribution is 5.94. The predicted molar refractivity (Wildman–Crippen MR) is 127 cm³/mol. The number of guanidine groups is 1. The summed E-state index contributed by atoms with van der Waals surface area (Å²) in [5.74, 6) is -3.46. The van der Waals surface area contributed by atoms with Gasteiger partial charge < -0.3 is 42.5 Å². The van der Waals surface area contributed by atoms with Gasteiger partial charge in [-0.25, -0.2) is 4.79 Å². The smallest absolute Gasteiger partial charge is 0.326 e. The summed E-state index contributed by atoms with van der Waals surface area (Å²) in [5, 5.41) is 33.6. The molecule has 0 saturated heterocycles. The van der Waals surface area contributed by atoms with Gasteiger partial charge in [-0.15, -0.1) is 0 Å². The molecule has 0 fully saturated rings. The zero-order valence-electron chi connectivity index (χ0n) is 19.8. The molecule has 10 N–H and O–H groups in total. The van der Waals surface area contributed by atoms with Gasteiger partial charge in [-0.1, -0.05) is 23.3 Å². The number of nitrogens with zero attached hydrogens (tertiary/aromatic N) is 1. The van der Waals surface area contributed by atoms with E-state index in [0.29, 0.717) is 13.1 Å². The number of carboxylic acid groups (broad SMARTS) is 1. The van der Waals surface area contributed by atoms with Crippen LogP contribution in [0.4, 0.5) is 0 Å². The first-order valence-corrected chi connectivity index (χ1v) is 11.5. The lowest BCUT2D eigenvalue weighted by molar-refractivity contribution is -0.142. The molecule has 1 heterocycles. The van der Waals surface area contributed by atoms with Crippen LogP contribution >= 0.6 is 0 Å². The maximum Gasteiger partial charge on any atom is 0.326 e. The Hall–Kier alpha value is -3.45. The van der Waals surface area contributed by atoms with E-state index in [-0.39, 0.29) is 18.8 Å². The van der Waals surface area contributed by atoms with Crippen LogP contribution in [0.2, 0.25) is 0 Å². The third-order valence-electron chi connectivity index (χ3n) is 5.94. The van der Waals surface area contributed by atoms with Crippen molar-refractivity contribution in [2.24, 2.45) is 11.5 Å². The fraction of sp³-hybridized carbons (Fsp3) is 0.591. The number of carbonyl (C=O) groups is 4. The van der Waals surface area contributed by atoms with Gasteiger partial charge in [0.05, 0.1) is 12.6 Å². The Morgan fingerprint density at radius 3 is 2.29 bits per heavy atom. The van der Waals surface area contributed by atoms with Crippen LogP contribution in [0.5, 0.6) is 0 Å².